The van der Waals surface area contributed by atoms with Gasteiger partial charge in [-0.25, -0.2) is 0 Å². The smallest absolute Gasteiger partial charge is 0.106 e. The molecule has 1 aromatic rings. The van der Waals surface area contributed by atoms with Crippen LogP contribution in [-0.2, 0) is 11.2 Å². The van der Waals surface area contributed by atoms with Gasteiger partial charge in [-0.15, -0.1) is 0 Å². The second-order valence-corrected chi connectivity index (χ2v) is 6.42. The van der Waals surface area contributed by atoms with Crippen molar-refractivity contribution in [1.29, 1.82) is 0 Å². The van der Waals surface area contributed by atoms with Crippen molar-refractivity contribution in [3.8, 4) is 0 Å². The minimum Gasteiger partial charge on any atom is -0.386 e. The van der Waals surface area contributed by atoms with Crippen molar-refractivity contribution in [3.63, 3.8) is 0 Å². The fraction of sp³-hybridized carbons (Fsp3) is 0.600. The van der Waals surface area contributed by atoms with Gasteiger partial charge in [0.25, 0.3) is 0 Å². The molecule has 1 aliphatic rings. The molecule has 1 aromatic carbocycles. The first-order valence-electron chi connectivity index (χ1n) is 6.63. The summed E-state index contributed by atoms with van der Waals surface area (Å²) < 4.78 is 5.64. The molecule has 1 saturated heterocycles. The van der Waals surface area contributed by atoms with Gasteiger partial charge in [-0.1, -0.05) is 38.1 Å². The van der Waals surface area contributed by atoms with E-state index in [2.05, 4.69) is 26.0 Å². The maximum Gasteiger partial charge on any atom is 0.106 e. The molecule has 0 amide bonds. The molecule has 2 nitrogen and oxygen atoms in total. The van der Waals surface area contributed by atoms with Crippen LogP contribution in [0.15, 0.2) is 24.3 Å². The van der Waals surface area contributed by atoms with E-state index < -0.39 is 6.10 Å². The predicted molar refractivity (Wildman–Crippen MR) is 77.0 cm³/mol. The zero-order chi connectivity index (χ0) is 13.0. The molecule has 0 bridgehead atoms. The molecule has 1 N–H and O–H groups in total. The summed E-state index contributed by atoms with van der Waals surface area (Å²) in [4.78, 5) is 0. The number of hydrogen-bond donors (Lipinski definition) is 1. The van der Waals surface area contributed by atoms with Gasteiger partial charge >= 0.3 is 0 Å². The van der Waals surface area contributed by atoms with Gasteiger partial charge in [0.2, 0.25) is 0 Å². The number of hydrogen-bond acceptors (Lipinski definition) is 3. The average Bonchev–Trinajstić information content (AvgIpc) is 2.38. The van der Waals surface area contributed by atoms with E-state index in [-0.39, 0.29) is 6.10 Å². The van der Waals surface area contributed by atoms with Crippen LogP contribution in [0.4, 0.5) is 0 Å². The Labute approximate surface area is 114 Å². The summed E-state index contributed by atoms with van der Waals surface area (Å²) in [5, 5.41) is 10.4. The van der Waals surface area contributed by atoms with Crippen LogP contribution in [0.1, 0.15) is 31.1 Å². The molecule has 1 aliphatic heterocycles. The summed E-state index contributed by atoms with van der Waals surface area (Å²) in [6, 6.07) is 8.28. The van der Waals surface area contributed by atoms with Crippen molar-refractivity contribution >= 4 is 11.8 Å². The zero-order valence-corrected chi connectivity index (χ0v) is 12.0. The van der Waals surface area contributed by atoms with Crippen molar-refractivity contribution in [2.75, 3.05) is 18.1 Å². The Morgan fingerprint density at radius 1 is 1.44 bits per heavy atom. The standard InChI is InChI=1S/C15H22O2S/c1-11(2)8-12-4-3-5-13(9-12)15(16)14-10-18-7-6-17-14/h3-5,9,11,14-16H,6-8,10H2,1-2H3. The highest BCUT2D eigenvalue weighted by atomic mass is 32.2. The van der Waals surface area contributed by atoms with Gasteiger partial charge in [0, 0.05) is 11.5 Å². The summed E-state index contributed by atoms with van der Waals surface area (Å²) >= 11 is 1.86. The van der Waals surface area contributed by atoms with Crippen molar-refractivity contribution in [1.82, 2.24) is 0 Å². The monoisotopic (exact) mass is 266 g/mol. The minimum absolute atomic E-state index is 0.0574. The van der Waals surface area contributed by atoms with E-state index in [1.54, 1.807) is 0 Å². The Morgan fingerprint density at radius 3 is 2.94 bits per heavy atom. The highest BCUT2D eigenvalue weighted by molar-refractivity contribution is 7.99. The lowest BCUT2D eigenvalue weighted by Crippen LogP contribution is -2.29. The average molecular weight is 266 g/mol. The lowest BCUT2D eigenvalue weighted by atomic mass is 9.97. The van der Waals surface area contributed by atoms with E-state index in [4.69, 9.17) is 4.74 Å². The van der Waals surface area contributed by atoms with Crippen LogP contribution in [0, 0.1) is 5.92 Å². The second kappa shape index (κ2) is 6.60. The Bertz CT molecular complexity index is 373. The molecule has 0 spiro atoms. The van der Waals surface area contributed by atoms with Gasteiger partial charge in [0.1, 0.15) is 6.10 Å². The van der Waals surface area contributed by atoms with E-state index in [0.29, 0.717) is 5.92 Å². The molecule has 18 heavy (non-hydrogen) atoms. The fourth-order valence-corrected chi connectivity index (χ4v) is 3.17. The first-order chi connectivity index (χ1) is 8.66. The molecule has 0 radical (unpaired) electrons. The fourth-order valence-electron chi connectivity index (χ4n) is 2.28. The highest BCUT2D eigenvalue weighted by Crippen LogP contribution is 2.26. The molecule has 2 unspecified atom stereocenters. The molecular weight excluding hydrogens is 244 g/mol. The largest absolute Gasteiger partial charge is 0.386 e. The van der Waals surface area contributed by atoms with Gasteiger partial charge in [-0.05, 0) is 23.5 Å². The van der Waals surface area contributed by atoms with Crippen LogP contribution in [0.25, 0.3) is 0 Å². The number of rotatable bonds is 4. The van der Waals surface area contributed by atoms with Crippen molar-refractivity contribution in [2.45, 2.75) is 32.5 Å². The van der Waals surface area contributed by atoms with Gasteiger partial charge in [0.05, 0.1) is 12.7 Å². The van der Waals surface area contributed by atoms with Crippen LogP contribution in [0.2, 0.25) is 0 Å². The van der Waals surface area contributed by atoms with E-state index in [9.17, 15) is 5.11 Å². The Kier molecular flexibility index (Phi) is 5.10. The van der Waals surface area contributed by atoms with E-state index in [1.165, 1.54) is 5.56 Å². The number of aliphatic hydroxyl groups excluding tert-OH is 1. The third-order valence-electron chi connectivity index (χ3n) is 3.13. The highest BCUT2D eigenvalue weighted by Gasteiger charge is 2.24. The van der Waals surface area contributed by atoms with Gasteiger partial charge < -0.3 is 9.84 Å². The number of benzene rings is 1. The molecule has 100 valence electrons. The van der Waals surface area contributed by atoms with Crippen LogP contribution in [0.3, 0.4) is 0 Å². The lowest BCUT2D eigenvalue weighted by molar-refractivity contribution is -0.0227. The third-order valence-corrected chi connectivity index (χ3v) is 4.15. The first-order valence-corrected chi connectivity index (χ1v) is 7.78. The Hall–Kier alpha value is -0.510. The minimum atomic E-state index is -0.495. The number of aliphatic hydroxyl groups is 1. The normalized spacial score (nSPS) is 22.1. The van der Waals surface area contributed by atoms with E-state index >= 15 is 0 Å². The van der Waals surface area contributed by atoms with E-state index in [0.717, 1.165) is 30.1 Å². The molecule has 0 saturated carbocycles. The Balaban J connectivity index is 2.06. The molecule has 0 aromatic heterocycles. The van der Waals surface area contributed by atoms with Gasteiger partial charge in [-0.3, -0.25) is 0 Å². The molecule has 2 atom stereocenters. The third kappa shape index (κ3) is 3.74. The molecule has 1 fully saturated rings. The summed E-state index contributed by atoms with van der Waals surface area (Å²) in [6.07, 6.45) is 0.504. The number of ether oxygens (including phenoxy) is 1. The van der Waals surface area contributed by atoms with Crippen LogP contribution < -0.4 is 0 Å². The first kappa shape index (κ1) is 13.9. The summed E-state index contributed by atoms with van der Waals surface area (Å²) in [5.74, 6) is 2.56. The van der Waals surface area contributed by atoms with Crippen LogP contribution in [-0.4, -0.2) is 29.3 Å². The molecular formula is C15H22O2S. The lowest BCUT2D eigenvalue weighted by Gasteiger charge is -2.27. The second-order valence-electron chi connectivity index (χ2n) is 5.27. The van der Waals surface area contributed by atoms with E-state index in [1.807, 2.05) is 23.9 Å². The predicted octanol–water partition coefficient (Wildman–Crippen LogP) is 3.05. The van der Waals surface area contributed by atoms with Gasteiger partial charge in [-0.2, -0.15) is 11.8 Å². The molecule has 1 heterocycles. The van der Waals surface area contributed by atoms with Crippen LogP contribution in [0.5, 0.6) is 0 Å². The number of thioether (sulfide) groups is 1. The quantitative estimate of drug-likeness (QED) is 0.908. The zero-order valence-electron chi connectivity index (χ0n) is 11.1. The SMILES string of the molecule is CC(C)Cc1cccc(C(O)C2CSCCO2)c1. The summed E-state index contributed by atoms with van der Waals surface area (Å²) in [7, 11) is 0. The van der Waals surface area contributed by atoms with Crippen molar-refractivity contribution in [2.24, 2.45) is 5.92 Å². The summed E-state index contributed by atoms with van der Waals surface area (Å²) in [6.45, 7) is 5.17. The molecule has 3 heteroatoms. The molecule has 0 aliphatic carbocycles. The maximum absolute atomic E-state index is 10.4. The summed E-state index contributed by atoms with van der Waals surface area (Å²) in [5.41, 5.74) is 2.28. The topological polar surface area (TPSA) is 29.5 Å². The van der Waals surface area contributed by atoms with Crippen LogP contribution >= 0.6 is 11.8 Å². The molecule has 2 rings (SSSR count). The van der Waals surface area contributed by atoms with Crippen molar-refractivity contribution in [3.05, 3.63) is 35.4 Å². The maximum atomic E-state index is 10.4. The Morgan fingerprint density at radius 2 is 2.28 bits per heavy atom. The van der Waals surface area contributed by atoms with Gasteiger partial charge in [0.15, 0.2) is 0 Å². The van der Waals surface area contributed by atoms with Crippen molar-refractivity contribution < 1.29 is 9.84 Å².